The van der Waals surface area contributed by atoms with Crippen LogP contribution in [0.5, 0.6) is 17.2 Å². The van der Waals surface area contributed by atoms with Gasteiger partial charge < -0.3 is 14.2 Å². The first-order valence-corrected chi connectivity index (χ1v) is 8.81. The van der Waals surface area contributed by atoms with Crippen LogP contribution in [0.2, 0.25) is 0 Å². The molecule has 4 nitrogen and oxygen atoms in total. The van der Waals surface area contributed by atoms with Gasteiger partial charge in [0.15, 0.2) is 0 Å². The predicted octanol–water partition coefficient (Wildman–Crippen LogP) is 6.12. The second-order valence-corrected chi connectivity index (χ2v) is 6.44. The lowest BCUT2D eigenvalue weighted by atomic mass is 10.2. The molecule has 0 fully saturated rings. The number of rotatable bonds is 8. The molecule has 0 aliphatic heterocycles. The molecule has 0 amide bonds. The van der Waals surface area contributed by atoms with Gasteiger partial charge in [0, 0.05) is 11.1 Å². The summed E-state index contributed by atoms with van der Waals surface area (Å²) in [5.74, 6) is 0.665. The van der Waals surface area contributed by atoms with E-state index in [1.807, 2.05) is 0 Å². The Morgan fingerprint density at radius 1 is 1.07 bits per heavy atom. The zero-order valence-electron chi connectivity index (χ0n) is 15.4. The molecule has 2 aromatic carbocycles. The molecule has 0 aromatic heterocycles. The number of ether oxygens (including phenoxy) is 3. The zero-order chi connectivity index (χ0) is 21.4. The first kappa shape index (κ1) is 22.4. The van der Waals surface area contributed by atoms with Gasteiger partial charge in [-0.3, -0.25) is 0 Å². The van der Waals surface area contributed by atoms with E-state index in [4.69, 9.17) is 25.8 Å². The third kappa shape index (κ3) is 7.91. The highest BCUT2D eigenvalue weighted by Gasteiger charge is 2.30. The van der Waals surface area contributed by atoms with E-state index in [9.17, 15) is 18.0 Å². The van der Waals surface area contributed by atoms with Crippen LogP contribution in [0, 0.1) is 0 Å². The molecule has 0 aliphatic rings. The van der Waals surface area contributed by atoms with Gasteiger partial charge in [0.1, 0.15) is 30.0 Å². The number of carbonyl (C=O) groups is 1. The van der Waals surface area contributed by atoms with Crippen molar-refractivity contribution in [3.63, 3.8) is 0 Å². The van der Waals surface area contributed by atoms with Gasteiger partial charge in [-0.1, -0.05) is 18.2 Å². The lowest BCUT2D eigenvalue weighted by Crippen LogP contribution is -2.10. The summed E-state index contributed by atoms with van der Waals surface area (Å²) in [5, 5.41) is 0.217. The van der Waals surface area contributed by atoms with Crippen molar-refractivity contribution in [2.45, 2.75) is 19.2 Å². The maximum atomic E-state index is 12.6. The van der Waals surface area contributed by atoms with Crippen molar-refractivity contribution in [2.75, 3.05) is 6.61 Å². The fraction of sp³-hybridized carbons (Fsp3) is 0.190. The fourth-order valence-electron chi connectivity index (χ4n) is 2.10. The largest absolute Gasteiger partial charge is 0.487 e. The maximum Gasteiger partial charge on any atom is 0.416 e. The minimum Gasteiger partial charge on any atom is -0.487 e. The third-order valence-corrected chi connectivity index (χ3v) is 3.55. The highest BCUT2D eigenvalue weighted by atomic mass is 35.5. The van der Waals surface area contributed by atoms with Crippen LogP contribution in [0.4, 0.5) is 13.2 Å². The van der Waals surface area contributed by atoms with Crippen molar-refractivity contribution < 1.29 is 32.2 Å². The van der Waals surface area contributed by atoms with Gasteiger partial charge in [0.2, 0.25) is 0 Å². The van der Waals surface area contributed by atoms with Crippen LogP contribution in [-0.2, 0) is 15.7 Å². The number of alkyl halides is 3. The minimum absolute atomic E-state index is 0.0691. The molecule has 0 N–H and O–H groups in total. The first-order chi connectivity index (χ1) is 13.6. The molecule has 0 saturated carbocycles. The summed E-state index contributed by atoms with van der Waals surface area (Å²) < 4.78 is 53.7. The number of hydrogen-bond acceptors (Lipinski definition) is 4. The van der Waals surface area contributed by atoms with Gasteiger partial charge in [-0.2, -0.15) is 13.2 Å². The van der Waals surface area contributed by atoms with Crippen LogP contribution in [0.15, 0.2) is 72.3 Å². The molecule has 2 rings (SSSR count). The van der Waals surface area contributed by atoms with Gasteiger partial charge in [-0.15, -0.1) is 0 Å². The van der Waals surface area contributed by atoms with Crippen molar-refractivity contribution in [2.24, 2.45) is 0 Å². The maximum absolute atomic E-state index is 12.6. The Bertz CT molecular complexity index is 859. The summed E-state index contributed by atoms with van der Waals surface area (Å²) in [6.07, 6.45) is -2.06. The van der Waals surface area contributed by atoms with Gasteiger partial charge in [0.25, 0.3) is 0 Å². The van der Waals surface area contributed by atoms with E-state index >= 15 is 0 Å². The number of carbonyl (C=O) groups excluding carboxylic acids is 1. The quantitative estimate of drug-likeness (QED) is 0.377. The molecule has 2 aromatic rings. The Balaban J connectivity index is 1.88. The van der Waals surface area contributed by atoms with Crippen molar-refractivity contribution in [1.82, 2.24) is 0 Å². The van der Waals surface area contributed by atoms with Crippen LogP contribution < -0.4 is 9.47 Å². The van der Waals surface area contributed by atoms with E-state index in [2.05, 4.69) is 6.58 Å². The summed E-state index contributed by atoms with van der Waals surface area (Å²) in [6.45, 7) is 5.07. The van der Waals surface area contributed by atoms with Crippen LogP contribution >= 0.6 is 11.6 Å². The summed E-state index contributed by atoms with van der Waals surface area (Å²) in [4.78, 5) is 11.5. The number of esters is 1. The first-order valence-electron chi connectivity index (χ1n) is 8.43. The molecule has 0 aliphatic carbocycles. The molecule has 0 radical (unpaired) electrons. The Kier molecular flexibility index (Phi) is 7.73. The van der Waals surface area contributed by atoms with Crippen molar-refractivity contribution >= 4 is 17.6 Å². The number of halogens is 4. The van der Waals surface area contributed by atoms with E-state index in [1.165, 1.54) is 24.3 Å². The number of benzene rings is 2. The molecular weight excluding hydrogens is 409 g/mol. The highest BCUT2D eigenvalue weighted by molar-refractivity contribution is 6.29. The average Bonchev–Trinajstić information content (AvgIpc) is 2.66. The van der Waals surface area contributed by atoms with Gasteiger partial charge >= 0.3 is 12.1 Å². The van der Waals surface area contributed by atoms with E-state index in [-0.39, 0.29) is 17.4 Å². The van der Waals surface area contributed by atoms with Crippen molar-refractivity contribution in [3.05, 3.63) is 77.9 Å². The van der Waals surface area contributed by atoms with Crippen molar-refractivity contribution in [1.29, 1.82) is 0 Å². The van der Waals surface area contributed by atoms with E-state index < -0.39 is 23.8 Å². The van der Waals surface area contributed by atoms with E-state index in [1.54, 1.807) is 31.2 Å². The molecule has 154 valence electrons. The Labute approximate surface area is 171 Å². The Morgan fingerprint density at radius 2 is 1.59 bits per heavy atom. The van der Waals surface area contributed by atoms with Gasteiger partial charge in [-0.05, 0) is 61.5 Å². The smallest absolute Gasteiger partial charge is 0.416 e. The molecule has 0 spiro atoms. The van der Waals surface area contributed by atoms with Crippen LogP contribution in [0.1, 0.15) is 12.5 Å². The van der Waals surface area contributed by atoms with E-state index in [0.29, 0.717) is 11.5 Å². The molecule has 0 heterocycles. The molecule has 0 bridgehead atoms. The standard InChI is InChI=1S/C21H18ClF3O4/c1-14(22)13-27-20(26)12-3-15(2)28-17-8-10-19(11-9-17)29-18-6-4-16(5-7-18)21(23,24)25/h3-12,15H,1,13H2,2H3/b12-3+. The molecule has 29 heavy (non-hydrogen) atoms. The van der Waals surface area contributed by atoms with Crippen LogP contribution in [0.3, 0.4) is 0 Å². The lowest BCUT2D eigenvalue weighted by Gasteiger charge is -2.12. The summed E-state index contributed by atoms with van der Waals surface area (Å²) in [7, 11) is 0. The second kappa shape index (κ2) is 10.0. The number of hydrogen-bond donors (Lipinski definition) is 0. The van der Waals surface area contributed by atoms with Crippen LogP contribution in [0.25, 0.3) is 0 Å². The zero-order valence-corrected chi connectivity index (χ0v) is 16.2. The summed E-state index contributed by atoms with van der Waals surface area (Å²) >= 11 is 5.50. The lowest BCUT2D eigenvalue weighted by molar-refractivity contribution is -0.138. The van der Waals surface area contributed by atoms with Gasteiger partial charge in [0.05, 0.1) is 5.56 Å². The second-order valence-electron chi connectivity index (χ2n) is 5.90. The molecular formula is C21H18ClF3O4. The fourth-order valence-corrected chi connectivity index (χ4v) is 2.15. The molecule has 8 heteroatoms. The molecule has 1 unspecified atom stereocenters. The normalized spacial score (nSPS) is 12.4. The Morgan fingerprint density at radius 3 is 2.10 bits per heavy atom. The predicted molar refractivity (Wildman–Crippen MR) is 103 cm³/mol. The monoisotopic (exact) mass is 426 g/mol. The highest BCUT2D eigenvalue weighted by Crippen LogP contribution is 2.31. The van der Waals surface area contributed by atoms with E-state index in [0.717, 1.165) is 12.1 Å². The average molecular weight is 427 g/mol. The molecule has 0 saturated heterocycles. The topological polar surface area (TPSA) is 44.8 Å². The third-order valence-electron chi connectivity index (χ3n) is 3.44. The Hall–Kier alpha value is -2.93. The molecule has 1 atom stereocenters. The minimum atomic E-state index is -4.39. The van der Waals surface area contributed by atoms with Crippen LogP contribution in [-0.4, -0.2) is 18.7 Å². The van der Waals surface area contributed by atoms with Gasteiger partial charge in [-0.25, -0.2) is 4.79 Å². The summed E-state index contributed by atoms with van der Waals surface area (Å²) in [5.41, 5.74) is -0.743. The van der Waals surface area contributed by atoms with Crippen molar-refractivity contribution in [3.8, 4) is 17.2 Å². The SMILES string of the molecule is C=C(Cl)COC(=O)/C=C/C(C)Oc1ccc(Oc2ccc(C(F)(F)F)cc2)cc1. The summed E-state index contributed by atoms with van der Waals surface area (Å²) in [6, 6.07) is 10.9.